The molecule has 0 aromatic heterocycles. The maximum Gasteiger partial charge on any atom is 0.210 e. The first-order valence-corrected chi connectivity index (χ1v) is 13.6. The summed E-state index contributed by atoms with van der Waals surface area (Å²) >= 11 is 6.54. The lowest BCUT2D eigenvalue weighted by Gasteiger charge is -2.18. The van der Waals surface area contributed by atoms with Gasteiger partial charge in [0.25, 0.3) is 0 Å². The molecule has 2 aromatic rings. The Morgan fingerprint density at radius 3 is 2.62 bits per heavy atom. The summed E-state index contributed by atoms with van der Waals surface area (Å²) in [6, 6.07) is 12.6. The molecule has 1 aliphatic heterocycles. The molecule has 0 saturated heterocycles. The van der Waals surface area contributed by atoms with Crippen LogP contribution < -0.4 is 0 Å². The van der Waals surface area contributed by atoms with Crippen LogP contribution in [0.2, 0.25) is 0 Å². The van der Waals surface area contributed by atoms with Crippen molar-refractivity contribution in [1.82, 2.24) is 0 Å². The van der Waals surface area contributed by atoms with Crippen molar-refractivity contribution in [3.8, 4) is 0 Å². The zero-order chi connectivity index (χ0) is 24.5. The normalized spacial score (nSPS) is 19.6. The lowest BCUT2D eigenvalue weighted by molar-refractivity contribution is -0.438. The average molecular weight is 500 g/mol. The predicted octanol–water partition coefficient (Wildman–Crippen LogP) is 6.22. The van der Waals surface area contributed by atoms with Crippen LogP contribution in [-0.4, -0.2) is 40.7 Å². The molecule has 0 saturated carbocycles. The third-order valence-corrected chi connectivity index (χ3v) is 8.11. The van der Waals surface area contributed by atoms with Gasteiger partial charge in [0, 0.05) is 35.5 Å². The number of hydrogen-bond acceptors (Lipinski definition) is 4. The van der Waals surface area contributed by atoms with E-state index in [-0.39, 0.29) is 11.2 Å². The SMILES string of the molecule is CC1(C)C(/C=C/C2=C(Cl)C(=C/O)/CCC2)=[N+](CCCCS(=O)(=O)[O-])c2ccc3ccccc3c21. The number of nitrogens with zero attached hydrogens (tertiary/aromatic N) is 1. The van der Waals surface area contributed by atoms with E-state index in [0.717, 1.165) is 48.1 Å². The number of halogens is 1. The molecule has 2 aliphatic rings. The molecule has 4 rings (SSSR count). The van der Waals surface area contributed by atoms with Crippen molar-refractivity contribution in [2.75, 3.05) is 12.3 Å². The van der Waals surface area contributed by atoms with Gasteiger partial charge in [-0.15, -0.1) is 0 Å². The quantitative estimate of drug-likeness (QED) is 0.212. The van der Waals surface area contributed by atoms with E-state index in [4.69, 9.17) is 11.6 Å². The summed E-state index contributed by atoms with van der Waals surface area (Å²) < 4.78 is 35.5. The average Bonchev–Trinajstić information content (AvgIpc) is 3.01. The monoisotopic (exact) mass is 499 g/mol. The summed E-state index contributed by atoms with van der Waals surface area (Å²) in [7, 11) is -4.22. The number of aliphatic hydroxyl groups is 1. The van der Waals surface area contributed by atoms with Crippen LogP contribution in [0.3, 0.4) is 0 Å². The van der Waals surface area contributed by atoms with Crippen molar-refractivity contribution >= 4 is 43.9 Å². The fourth-order valence-electron chi connectivity index (χ4n) is 5.18. The van der Waals surface area contributed by atoms with Crippen LogP contribution in [0.5, 0.6) is 0 Å². The van der Waals surface area contributed by atoms with Gasteiger partial charge in [0.2, 0.25) is 5.69 Å². The molecule has 1 heterocycles. The highest BCUT2D eigenvalue weighted by molar-refractivity contribution is 7.85. The van der Waals surface area contributed by atoms with Gasteiger partial charge >= 0.3 is 0 Å². The van der Waals surface area contributed by atoms with Gasteiger partial charge in [-0.05, 0) is 61.9 Å². The minimum Gasteiger partial charge on any atom is -0.748 e. The summed E-state index contributed by atoms with van der Waals surface area (Å²) in [5.41, 5.74) is 4.90. The van der Waals surface area contributed by atoms with E-state index in [1.807, 2.05) is 18.2 Å². The molecule has 180 valence electrons. The number of hydrogen-bond donors (Lipinski definition) is 1. The zero-order valence-electron chi connectivity index (χ0n) is 19.6. The maximum atomic E-state index is 11.1. The lowest BCUT2D eigenvalue weighted by Crippen LogP contribution is -2.28. The van der Waals surface area contributed by atoms with Crippen molar-refractivity contribution < 1.29 is 22.7 Å². The first kappa shape index (κ1) is 24.7. The molecule has 0 unspecified atom stereocenters. The lowest BCUT2D eigenvalue weighted by atomic mass is 9.79. The molecule has 1 aliphatic carbocycles. The van der Waals surface area contributed by atoms with Crippen LogP contribution in [-0.2, 0) is 15.5 Å². The topological polar surface area (TPSA) is 80.4 Å². The molecule has 0 fully saturated rings. The molecule has 0 amide bonds. The second-order valence-corrected chi connectivity index (χ2v) is 11.4. The Kier molecular flexibility index (Phi) is 7.04. The Morgan fingerprint density at radius 2 is 1.88 bits per heavy atom. The van der Waals surface area contributed by atoms with Gasteiger partial charge in [-0.25, -0.2) is 8.42 Å². The summed E-state index contributed by atoms with van der Waals surface area (Å²) in [4.78, 5) is 0. The second-order valence-electron chi connectivity index (χ2n) is 9.49. The Morgan fingerprint density at radius 1 is 1.12 bits per heavy atom. The van der Waals surface area contributed by atoms with Gasteiger partial charge in [0.1, 0.15) is 6.54 Å². The third-order valence-electron chi connectivity index (χ3n) is 6.83. The number of rotatable bonds is 7. The van der Waals surface area contributed by atoms with Crippen LogP contribution >= 0.6 is 11.6 Å². The van der Waals surface area contributed by atoms with Crippen LogP contribution in [0.1, 0.15) is 51.5 Å². The van der Waals surface area contributed by atoms with Gasteiger partial charge in [-0.2, -0.15) is 4.58 Å². The molecule has 0 bridgehead atoms. The number of fused-ring (bicyclic) bond motifs is 3. The van der Waals surface area contributed by atoms with Gasteiger partial charge in [0.15, 0.2) is 5.71 Å². The third kappa shape index (κ3) is 4.85. The highest BCUT2D eigenvalue weighted by Gasteiger charge is 2.45. The standard InChI is InChI=1S/C27H30ClNO4S/c1-27(2)24(15-13-20-9-7-10-21(18-30)26(20)28)29(16-5-6-17-34(31,32)33)23-14-12-19-8-3-4-11-22(19)25(23)27/h3-4,8,11-15,18H,5-7,9-10,16-17H2,1-2H3,(H,31,32,33). The van der Waals surface area contributed by atoms with Crippen LogP contribution in [0.4, 0.5) is 5.69 Å². The van der Waals surface area contributed by atoms with Gasteiger partial charge in [-0.1, -0.05) is 41.9 Å². The number of aliphatic hydroxyl groups excluding tert-OH is 1. The van der Waals surface area contributed by atoms with E-state index in [2.05, 4.69) is 48.8 Å². The van der Waals surface area contributed by atoms with Crippen molar-refractivity contribution in [3.63, 3.8) is 0 Å². The van der Waals surface area contributed by atoms with Gasteiger partial charge in [0.05, 0.1) is 26.8 Å². The zero-order valence-corrected chi connectivity index (χ0v) is 21.1. The summed E-state index contributed by atoms with van der Waals surface area (Å²) in [6.45, 7) is 5.02. The number of benzene rings is 2. The van der Waals surface area contributed by atoms with Crippen LogP contribution in [0, 0.1) is 0 Å². The Hall–Kier alpha value is -2.41. The second kappa shape index (κ2) is 9.68. The molecule has 0 radical (unpaired) electrons. The van der Waals surface area contributed by atoms with Gasteiger partial charge < -0.3 is 9.66 Å². The summed E-state index contributed by atoms with van der Waals surface area (Å²) in [5, 5.41) is 12.5. The molecule has 7 heteroatoms. The largest absolute Gasteiger partial charge is 0.748 e. The van der Waals surface area contributed by atoms with Crippen molar-refractivity contribution in [1.29, 1.82) is 0 Å². The summed E-state index contributed by atoms with van der Waals surface area (Å²) in [5.74, 6) is -0.348. The fourth-order valence-corrected chi connectivity index (χ4v) is 6.04. The molecule has 2 aromatic carbocycles. The van der Waals surface area contributed by atoms with Crippen molar-refractivity contribution in [2.45, 2.75) is 51.4 Å². The minimum atomic E-state index is -4.22. The molecule has 1 N–H and O–H groups in total. The summed E-state index contributed by atoms with van der Waals surface area (Å²) in [6.07, 6.45) is 8.70. The van der Waals surface area contributed by atoms with Crippen molar-refractivity contribution in [3.05, 3.63) is 76.6 Å². The van der Waals surface area contributed by atoms with Crippen LogP contribution in [0.15, 0.2) is 71.0 Å². The van der Waals surface area contributed by atoms with E-state index < -0.39 is 10.1 Å². The Bertz CT molecular complexity index is 1350. The molecule has 5 nitrogen and oxygen atoms in total. The Balaban J connectivity index is 1.78. The van der Waals surface area contributed by atoms with Gasteiger partial charge in [-0.3, -0.25) is 0 Å². The van der Waals surface area contributed by atoms with Crippen molar-refractivity contribution in [2.24, 2.45) is 0 Å². The van der Waals surface area contributed by atoms with E-state index in [0.29, 0.717) is 24.4 Å². The van der Waals surface area contributed by atoms with E-state index >= 15 is 0 Å². The van der Waals surface area contributed by atoms with E-state index in [9.17, 15) is 18.1 Å². The first-order valence-electron chi connectivity index (χ1n) is 11.6. The molecule has 0 spiro atoms. The molecular weight excluding hydrogens is 470 g/mol. The highest BCUT2D eigenvalue weighted by Crippen LogP contribution is 2.44. The smallest absolute Gasteiger partial charge is 0.210 e. The number of allylic oxidation sites excluding steroid dienone is 5. The molecular formula is C27H30ClNO4S. The number of unbranched alkanes of at least 4 members (excludes halogenated alkanes) is 1. The Labute approximate surface area is 206 Å². The molecule has 0 atom stereocenters. The first-order chi connectivity index (χ1) is 16.1. The van der Waals surface area contributed by atoms with Crippen LogP contribution in [0.25, 0.3) is 10.8 Å². The minimum absolute atomic E-state index is 0.297. The predicted molar refractivity (Wildman–Crippen MR) is 137 cm³/mol. The highest BCUT2D eigenvalue weighted by atomic mass is 35.5. The van der Waals surface area contributed by atoms with E-state index in [1.165, 1.54) is 16.3 Å². The van der Waals surface area contributed by atoms with E-state index in [1.54, 1.807) is 0 Å². The maximum absolute atomic E-state index is 11.1. The fraction of sp³-hybridized carbons (Fsp3) is 0.370. The molecule has 34 heavy (non-hydrogen) atoms.